The van der Waals surface area contributed by atoms with E-state index in [9.17, 15) is 13.6 Å². The summed E-state index contributed by atoms with van der Waals surface area (Å²) in [5.74, 6) is -2.43. The molecular formula is C15H23F2N3O. The summed E-state index contributed by atoms with van der Waals surface area (Å²) in [6.07, 6.45) is 1.41. The summed E-state index contributed by atoms with van der Waals surface area (Å²) in [6.45, 7) is 8.39. The molecule has 0 unspecified atom stereocenters. The minimum absolute atomic E-state index is 0.0329. The Labute approximate surface area is 124 Å². The molecule has 0 aliphatic carbocycles. The molecule has 21 heavy (non-hydrogen) atoms. The molecule has 0 bridgehead atoms. The number of rotatable bonds is 1. The van der Waals surface area contributed by atoms with Crippen LogP contribution >= 0.6 is 0 Å². The van der Waals surface area contributed by atoms with Crippen LogP contribution < -0.4 is 5.56 Å². The van der Waals surface area contributed by atoms with E-state index in [0.29, 0.717) is 12.1 Å². The van der Waals surface area contributed by atoms with Gasteiger partial charge in [-0.15, -0.1) is 0 Å². The Morgan fingerprint density at radius 1 is 1.38 bits per heavy atom. The molecule has 2 rings (SSSR count). The fraction of sp³-hybridized carbons (Fsp3) is 0.600. The van der Waals surface area contributed by atoms with Gasteiger partial charge in [0.2, 0.25) is 5.56 Å². The normalized spacial score (nSPS) is 16.3. The Morgan fingerprint density at radius 2 is 2.00 bits per heavy atom. The molecule has 0 atom stereocenters. The standard InChI is InChI=1S/C7H13F2N.C6H4N2O.C2H6/c1-6(2)10-4-3-7(8,9)5-10;7-3-5-1-2-6(9)8-4-5;1-2/h6H,3-5H2,1-2H3;1-2,4H,(H,8,9);1-2H3. The average Bonchev–Trinajstić information content (AvgIpc) is 2.83. The highest BCUT2D eigenvalue weighted by Gasteiger charge is 2.38. The van der Waals surface area contributed by atoms with Gasteiger partial charge in [-0.2, -0.15) is 5.26 Å². The zero-order valence-corrected chi connectivity index (χ0v) is 13.0. The molecule has 0 saturated carbocycles. The zero-order chi connectivity index (χ0) is 16.5. The summed E-state index contributed by atoms with van der Waals surface area (Å²) < 4.78 is 25.0. The number of aromatic amines is 1. The molecule has 1 aliphatic heterocycles. The number of hydrogen-bond donors (Lipinski definition) is 1. The lowest BCUT2D eigenvalue weighted by Gasteiger charge is -2.19. The zero-order valence-electron chi connectivity index (χ0n) is 13.0. The number of pyridine rings is 1. The summed E-state index contributed by atoms with van der Waals surface area (Å²) >= 11 is 0. The molecule has 4 nitrogen and oxygen atoms in total. The third-order valence-electron chi connectivity index (χ3n) is 2.84. The molecule has 6 heteroatoms. The van der Waals surface area contributed by atoms with Crippen LogP contribution in [0.25, 0.3) is 0 Å². The maximum Gasteiger partial charge on any atom is 0.261 e. The lowest BCUT2D eigenvalue weighted by molar-refractivity contribution is 0.00921. The first-order valence-electron chi connectivity index (χ1n) is 7.05. The largest absolute Gasteiger partial charge is 0.328 e. The van der Waals surface area contributed by atoms with E-state index in [1.807, 2.05) is 33.8 Å². The fourth-order valence-corrected chi connectivity index (χ4v) is 1.68. The van der Waals surface area contributed by atoms with Gasteiger partial charge in [0.25, 0.3) is 5.92 Å². The minimum atomic E-state index is -2.43. The molecule has 1 aromatic rings. The van der Waals surface area contributed by atoms with E-state index in [0.717, 1.165) is 0 Å². The van der Waals surface area contributed by atoms with Gasteiger partial charge in [-0.3, -0.25) is 9.69 Å². The van der Waals surface area contributed by atoms with Crippen molar-refractivity contribution in [1.29, 1.82) is 5.26 Å². The van der Waals surface area contributed by atoms with E-state index in [2.05, 4.69) is 4.98 Å². The van der Waals surface area contributed by atoms with Gasteiger partial charge in [0.1, 0.15) is 6.07 Å². The van der Waals surface area contributed by atoms with Gasteiger partial charge in [0, 0.05) is 31.3 Å². The van der Waals surface area contributed by atoms with E-state index < -0.39 is 5.92 Å². The Morgan fingerprint density at radius 3 is 2.29 bits per heavy atom. The van der Waals surface area contributed by atoms with Crippen LogP contribution in [0.2, 0.25) is 0 Å². The van der Waals surface area contributed by atoms with Gasteiger partial charge < -0.3 is 4.98 Å². The van der Waals surface area contributed by atoms with Crippen LogP contribution in [0.5, 0.6) is 0 Å². The predicted octanol–water partition coefficient (Wildman–Crippen LogP) is 3.01. The summed E-state index contributed by atoms with van der Waals surface area (Å²) in [5.41, 5.74) is 0.281. The van der Waals surface area contributed by atoms with Crippen molar-refractivity contribution in [1.82, 2.24) is 9.88 Å². The van der Waals surface area contributed by atoms with Gasteiger partial charge in [0.15, 0.2) is 0 Å². The van der Waals surface area contributed by atoms with E-state index in [-0.39, 0.29) is 24.6 Å². The monoisotopic (exact) mass is 299 g/mol. The third-order valence-corrected chi connectivity index (χ3v) is 2.84. The van der Waals surface area contributed by atoms with Gasteiger partial charge >= 0.3 is 0 Å². The molecule has 1 saturated heterocycles. The average molecular weight is 299 g/mol. The van der Waals surface area contributed by atoms with Crippen molar-refractivity contribution < 1.29 is 8.78 Å². The van der Waals surface area contributed by atoms with E-state index in [1.54, 1.807) is 4.90 Å². The number of hydrogen-bond acceptors (Lipinski definition) is 3. The molecule has 0 radical (unpaired) electrons. The van der Waals surface area contributed by atoms with E-state index in [4.69, 9.17) is 5.26 Å². The number of aromatic nitrogens is 1. The van der Waals surface area contributed by atoms with Gasteiger partial charge in [-0.05, 0) is 19.9 Å². The molecule has 0 spiro atoms. The first-order chi connectivity index (χ1) is 9.84. The second-order valence-corrected chi connectivity index (χ2v) is 4.72. The number of likely N-dealkylation sites (tertiary alicyclic amines) is 1. The molecular weight excluding hydrogens is 276 g/mol. The molecule has 1 N–H and O–H groups in total. The Bertz CT molecular complexity index is 486. The maximum atomic E-state index is 12.5. The number of nitriles is 1. The highest BCUT2D eigenvalue weighted by Crippen LogP contribution is 2.27. The first-order valence-corrected chi connectivity index (χ1v) is 7.05. The summed E-state index contributed by atoms with van der Waals surface area (Å²) in [4.78, 5) is 14.6. The Balaban J connectivity index is 0.000000342. The van der Waals surface area contributed by atoms with Crippen LogP contribution in [0, 0.1) is 11.3 Å². The number of halogens is 2. The van der Waals surface area contributed by atoms with Crippen LogP contribution in [-0.4, -0.2) is 34.9 Å². The number of nitrogens with one attached hydrogen (secondary N) is 1. The lowest BCUT2D eigenvalue weighted by Crippen LogP contribution is -2.30. The van der Waals surface area contributed by atoms with Crippen LogP contribution in [-0.2, 0) is 0 Å². The fourth-order valence-electron chi connectivity index (χ4n) is 1.68. The first kappa shape index (κ1) is 19.3. The minimum Gasteiger partial charge on any atom is -0.328 e. The topological polar surface area (TPSA) is 59.9 Å². The third kappa shape index (κ3) is 7.57. The van der Waals surface area contributed by atoms with Crippen molar-refractivity contribution in [3.05, 3.63) is 34.2 Å². The highest BCUT2D eigenvalue weighted by atomic mass is 19.3. The summed E-state index contributed by atoms with van der Waals surface area (Å²) in [5, 5.41) is 8.26. The molecule has 0 aromatic carbocycles. The summed E-state index contributed by atoms with van der Waals surface area (Å²) in [7, 11) is 0. The van der Waals surface area contributed by atoms with Crippen molar-refractivity contribution in [2.24, 2.45) is 0 Å². The number of alkyl halides is 2. The van der Waals surface area contributed by atoms with Crippen molar-refractivity contribution in [2.75, 3.05) is 13.1 Å². The van der Waals surface area contributed by atoms with Crippen LogP contribution in [0.4, 0.5) is 8.78 Å². The molecule has 2 heterocycles. The molecule has 0 amide bonds. The highest BCUT2D eigenvalue weighted by molar-refractivity contribution is 5.23. The second kappa shape index (κ2) is 9.24. The summed E-state index contributed by atoms with van der Waals surface area (Å²) in [6, 6.07) is 4.93. The molecule has 1 aliphatic rings. The van der Waals surface area contributed by atoms with Crippen LogP contribution in [0.15, 0.2) is 23.1 Å². The van der Waals surface area contributed by atoms with Gasteiger partial charge in [-0.25, -0.2) is 8.78 Å². The molecule has 1 fully saturated rings. The van der Waals surface area contributed by atoms with Crippen molar-refractivity contribution >= 4 is 0 Å². The maximum absolute atomic E-state index is 12.5. The van der Waals surface area contributed by atoms with Crippen molar-refractivity contribution in [3.8, 4) is 6.07 Å². The van der Waals surface area contributed by atoms with Crippen molar-refractivity contribution in [3.63, 3.8) is 0 Å². The van der Waals surface area contributed by atoms with Crippen LogP contribution in [0.3, 0.4) is 0 Å². The molecule has 118 valence electrons. The van der Waals surface area contributed by atoms with Gasteiger partial charge in [0.05, 0.1) is 12.1 Å². The number of nitrogens with zero attached hydrogens (tertiary/aromatic N) is 2. The Kier molecular flexibility index (Phi) is 8.48. The van der Waals surface area contributed by atoms with Gasteiger partial charge in [-0.1, -0.05) is 13.8 Å². The second-order valence-electron chi connectivity index (χ2n) is 4.72. The molecule has 1 aromatic heterocycles. The predicted molar refractivity (Wildman–Crippen MR) is 79.4 cm³/mol. The van der Waals surface area contributed by atoms with Crippen molar-refractivity contribution in [2.45, 2.75) is 46.1 Å². The SMILES string of the molecule is CC.CC(C)N1CCC(F)(F)C1.N#Cc1ccc(=O)[nH]c1. The van der Waals surface area contributed by atoms with E-state index in [1.165, 1.54) is 18.3 Å². The van der Waals surface area contributed by atoms with Crippen LogP contribution in [0.1, 0.15) is 39.7 Å². The lowest BCUT2D eigenvalue weighted by atomic mass is 10.3. The number of H-pyrrole nitrogens is 1. The van der Waals surface area contributed by atoms with E-state index >= 15 is 0 Å². The quantitative estimate of drug-likeness (QED) is 0.867. The smallest absolute Gasteiger partial charge is 0.261 e. The Hall–Kier alpha value is -1.74.